The molecule has 2 unspecified atom stereocenters. The first-order valence-electron chi connectivity index (χ1n) is 12.3. The number of hydrogen-bond acceptors (Lipinski definition) is 5. The second-order valence-electron chi connectivity index (χ2n) is 9.84. The third-order valence-corrected chi connectivity index (χ3v) is 7.77. The summed E-state index contributed by atoms with van der Waals surface area (Å²) in [6.45, 7) is 0.832. The van der Waals surface area contributed by atoms with Crippen molar-refractivity contribution in [1.29, 1.82) is 0 Å². The summed E-state index contributed by atoms with van der Waals surface area (Å²) in [5, 5.41) is 11.6. The quantitative estimate of drug-likeness (QED) is 0.568. The van der Waals surface area contributed by atoms with E-state index >= 15 is 0 Å². The Kier molecular flexibility index (Phi) is 5.69. The Labute approximate surface area is 209 Å². The minimum Gasteiger partial charge on any atom is -0.496 e. The fourth-order valence-corrected chi connectivity index (χ4v) is 6.21. The van der Waals surface area contributed by atoms with Crippen molar-refractivity contribution in [1.82, 2.24) is 4.90 Å². The van der Waals surface area contributed by atoms with Gasteiger partial charge in [-0.2, -0.15) is 0 Å². The minimum atomic E-state index is -1.27. The molecule has 1 N–H and O–H groups in total. The average Bonchev–Trinajstić information content (AvgIpc) is 3.20. The first-order valence-corrected chi connectivity index (χ1v) is 12.3. The van der Waals surface area contributed by atoms with Crippen molar-refractivity contribution in [3.05, 3.63) is 89.2 Å². The molecule has 3 aromatic carbocycles. The van der Waals surface area contributed by atoms with Gasteiger partial charge < -0.3 is 19.3 Å². The Bertz CT molecular complexity index is 1250. The summed E-state index contributed by atoms with van der Waals surface area (Å²) in [6.07, 6.45) is 0.0917. The number of nitrogens with zero attached hydrogens (tertiary/aromatic N) is 1. The first kappa shape index (κ1) is 23.0. The molecule has 6 rings (SSSR count). The monoisotopic (exact) mass is 489 g/mol. The Morgan fingerprint density at radius 1 is 1.03 bits per heavy atom. The van der Waals surface area contributed by atoms with E-state index in [1.54, 1.807) is 11.0 Å². The van der Waals surface area contributed by atoms with E-state index in [4.69, 9.17) is 14.2 Å². The average molecular weight is 490 g/mol. The summed E-state index contributed by atoms with van der Waals surface area (Å²) in [7, 11) is 1.46. The molecule has 1 amide bonds. The van der Waals surface area contributed by atoms with Crippen LogP contribution in [0.5, 0.6) is 5.75 Å². The van der Waals surface area contributed by atoms with Crippen molar-refractivity contribution in [2.45, 2.75) is 36.4 Å². The molecule has 36 heavy (non-hydrogen) atoms. The molecule has 2 bridgehead atoms. The fourth-order valence-electron chi connectivity index (χ4n) is 6.21. The van der Waals surface area contributed by atoms with Crippen LogP contribution in [-0.2, 0) is 15.1 Å². The molecule has 2 fully saturated rings. The van der Waals surface area contributed by atoms with E-state index < -0.39 is 17.5 Å². The number of ether oxygens (including phenoxy) is 3. The van der Waals surface area contributed by atoms with Gasteiger partial charge in [-0.05, 0) is 34.4 Å². The van der Waals surface area contributed by atoms with Crippen molar-refractivity contribution in [2.24, 2.45) is 0 Å². The number of morpholine rings is 1. The van der Waals surface area contributed by atoms with Gasteiger partial charge in [-0.15, -0.1) is 0 Å². The standard InChI is InChI=1S/C29H28FNO5/c1-34-27-12-18(30)10-11-26(27)29(33)13-19-15-35-16-20(14-29)31(19)28(32)36-17-25-23-8-4-2-6-21(23)22-7-3-5-9-24(22)25/h2-12,19-20,25,33H,13-17H2,1H3. The van der Waals surface area contributed by atoms with Crippen LogP contribution in [0, 0.1) is 5.82 Å². The molecule has 2 aliphatic heterocycles. The minimum absolute atomic E-state index is 0.0253. The highest BCUT2D eigenvalue weighted by atomic mass is 19.1. The SMILES string of the molecule is COc1cc(F)ccc1C1(O)CC2COCC(C1)N2C(=O)OCC1c2ccccc2-c2ccccc21. The Hall–Kier alpha value is -3.42. The van der Waals surface area contributed by atoms with E-state index in [0.29, 0.717) is 24.5 Å². The molecule has 0 radical (unpaired) electrons. The summed E-state index contributed by atoms with van der Waals surface area (Å²) >= 11 is 0. The fraction of sp³-hybridized carbons (Fsp3) is 0.345. The van der Waals surface area contributed by atoms with Crippen LogP contribution in [0.2, 0.25) is 0 Å². The van der Waals surface area contributed by atoms with Crippen LogP contribution in [-0.4, -0.2) is 55.1 Å². The molecular formula is C29H28FNO5. The molecular weight excluding hydrogens is 461 g/mol. The molecule has 0 saturated carbocycles. The van der Waals surface area contributed by atoms with Crippen LogP contribution in [0.15, 0.2) is 66.7 Å². The number of halogens is 1. The molecule has 186 valence electrons. The lowest BCUT2D eigenvalue weighted by atomic mass is 9.76. The van der Waals surface area contributed by atoms with Crippen molar-refractivity contribution < 1.29 is 28.5 Å². The smallest absolute Gasteiger partial charge is 0.410 e. The number of rotatable bonds is 4. The maximum absolute atomic E-state index is 13.8. The molecule has 1 aliphatic carbocycles. The van der Waals surface area contributed by atoms with Crippen LogP contribution in [0.4, 0.5) is 9.18 Å². The van der Waals surface area contributed by atoms with Crippen LogP contribution < -0.4 is 4.74 Å². The zero-order valence-corrected chi connectivity index (χ0v) is 20.0. The van der Waals surface area contributed by atoms with Gasteiger partial charge in [0.05, 0.1) is 38.0 Å². The Balaban J connectivity index is 1.21. The predicted octanol–water partition coefficient (Wildman–Crippen LogP) is 4.83. The molecule has 6 nitrogen and oxygen atoms in total. The van der Waals surface area contributed by atoms with Gasteiger partial charge in [0.2, 0.25) is 0 Å². The highest BCUT2D eigenvalue weighted by molar-refractivity contribution is 5.79. The number of benzene rings is 3. The van der Waals surface area contributed by atoms with Gasteiger partial charge in [-0.25, -0.2) is 9.18 Å². The maximum atomic E-state index is 13.8. The summed E-state index contributed by atoms with van der Waals surface area (Å²) in [4.78, 5) is 15.1. The van der Waals surface area contributed by atoms with Gasteiger partial charge in [-0.3, -0.25) is 4.90 Å². The van der Waals surface area contributed by atoms with E-state index in [-0.39, 0.29) is 37.5 Å². The largest absolute Gasteiger partial charge is 0.496 e. The van der Waals surface area contributed by atoms with Crippen molar-refractivity contribution in [3.8, 4) is 16.9 Å². The van der Waals surface area contributed by atoms with Crippen molar-refractivity contribution >= 4 is 6.09 Å². The van der Waals surface area contributed by atoms with Crippen molar-refractivity contribution in [2.75, 3.05) is 26.9 Å². The van der Waals surface area contributed by atoms with Gasteiger partial charge in [0, 0.05) is 30.4 Å². The van der Waals surface area contributed by atoms with Gasteiger partial charge in [-0.1, -0.05) is 48.5 Å². The van der Waals surface area contributed by atoms with E-state index in [9.17, 15) is 14.3 Å². The predicted molar refractivity (Wildman–Crippen MR) is 131 cm³/mol. The second kappa shape index (κ2) is 8.91. The normalized spacial score (nSPS) is 24.7. The number of piperidine rings is 1. The van der Waals surface area contributed by atoms with E-state index in [2.05, 4.69) is 24.3 Å². The summed E-state index contributed by atoms with van der Waals surface area (Å²) in [5.74, 6) is -0.160. The van der Waals surface area contributed by atoms with Crippen molar-refractivity contribution in [3.63, 3.8) is 0 Å². The lowest BCUT2D eigenvalue weighted by molar-refractivity contribution is -0.137. The van der Waals surface area contributed by atoms with E-state index in [0.717, 1.165) is 11.1 Å². The Morgan fingerprint density at radius 2 is 1.64 bits per heavy atom. The van der Waals surface area contributed by atoms with Gasteiger partial charge in [0.1, 0.15) is 18.2 Å². The summed E-state index contributed by atoms with van der Waals surface area (Å²) in [5.41, 5.74) is 3.93. The lowest BCUT2D eigenvalue weighted by Gasteiger charge is -2.51. The van der Waals surface area contributed by atoms with Gasteiger partial charge in [0.15, 0.2) is 0 Å². The van der Waals surface area contributed by atoms with Crippen LogP contribution >= 0.6 is 0 Å². The topological polar surface area (TPSA) is 68.2 Å². The molecule has 2 heterocycles. The second-order valence-corrected chi connectivity index (χ2v) is 9.84. The van der Waals surface area contributed by atoms with E-state index in [1.165, 1.54) is 30.4 Å². The van der Waals surface area contributed by atoms with Gasteiger partial charge >= 0.3 is 6.09 Å². The highest BCUT2D eigenvalue weighted by Gasteiger charge is 2.50. The number of hydrogen-bond donors (Lipinski definition) is 1. The zero-order chi connectivity index (χ0) is 24.9. The third kappa shape index (κ3) is 3.74. The number of carbonyl (C=O) groups excluding carboxylic acids is 1. The number of carbonyl (C=O) groups is 1. The summed E-state index contributed by atoms with van der Waals surface area (Å²) in [6, 6.07) is 19.9. The van der Waals surface area contributed by atoms with Crippen LogP contribution in [0.1, 0.15) is 35.4 Å². The molecule has 0 spiro atoms. The maximum Gasteiger partial charge on any atom is 0.410 e. The number of aliphatic hydroxyl groups is 1. The summed E-state index contributed by atoms with van der Waals surface area (Å²) < 4.78 is 30.8. The zero-order valence-electron chi connectivity index (χ0n) is 20.0. The molecule has 3 aliphatic rings. The van der Waals surface area contributed by atoms with Crippen LogP contribution in [0.3, 0.4) is 0 Å². The molecule has 2 atom stereocenters. The number of fused-ring (bicyclic) bond motifs is 5. The highest BCUT2D eigenvalue weighted by Crippen LogP contribution is 2.46. The number of methoxy groups -OCH3 is 1. The number of amides is 1. The van der Waals surface area contributed by atoms with Gasteiger partial charge in [0.25, 0.3) is 0 Å². The first-order chi connectivity index (χ1) is 17.5. The Morgan fingerprint density at radius 3 is 2.25 bits per heavy atom. The molecule has 0 aromatic heterocycles. The third-order valence-electron chi connectivity index (χ3n) is 7.77. The molecule has 2 saturated heterocycles. The molecule has 3 aromatic rings. The lowest BCUT2D eigenvalue weighted by Crippen LogP contribution is -2.62. The van der Waals surface area contributed by atoms with Crippen LogP contribution in [0.25, 0.3) is 11.1 Å². The van der Waals surface area contributed by atoms with E-state index in [1.807, 2.05) is 24.3 Å². The molecule has 7 heteroatoms.